The van der Waals surface area contributed by atoms with Gasteiger partial charge < -0.3 is 10.0 Å². The molecule has 2 heterocycles. The maximum atomic E-state index is 13.0. The molecule has 0 bridgehead atoms. The molecule has 0 atom stereocenters. The number of carboxylic acid groups (broad SMARTS) is 1. The van der Waals surface area contributed by atoms with Gasteiger partial charge in [0.15, 0.2) is 5.13 Å². The van der Waals surface area contributed by atoms with Crippen molar-refractivity contribution in [2.75, 3.05) is 22.9 Å². The molecule has 7 heteroatoms. The highest BCUT2D eigenvalue weighted by Crippen LogP contribution is 2.28. The first kappa shape index (κ1) is 14.8. The molecule has 2 aromatic rings. The molecule has 1 fully saturated rings. The molecule has 1 amide bonds. The van der Waals surface area contributed by atoms with Crippen LogP contribution in [0.15, 0.2) is 30.5 Å². The molecule has 1 aliphatic rings. The third kappa shape index (κ3) is 3.19. The Morgan fingerprint density at radius 1 is 1.32 bits per heavy atom. The van der Waals surface area contributed by atoms with Crippen molar-refractivity contribution >= 4 is 28.2 Å². The summed E-state index contributed by atoms with van der Waals surface area (Å²) in [4.78, 5) is 20.1. The van der Waals surface area contributed by atoms with Gasteiger partial charge in [0, 0.05) is 29.9 Å². The molecule has 1 aliphatic heterocycles. The van der Waals surface area contributed by atoms with Crippen LogP contribution < -0.4 is 9.80 Å². The van der Waals surface area contributed by atoms with Gasteiger partial charge in [-0.2, -0.15) is 0 Å². The number of thiazole rings is 1. The van der Waals surface area contributed by atoms with Crippen LogP contribution in [0, 0.1) is 5.82 Å². The van der Waals surface area contributed by atoms with Crippen molar-refractivity contribution in [1.82, 2.24) is 4.98 Å². The zero-order valence-electron chi connectivity index (χ0n) is 11.9. The summed E-state index contributed by atoms with van der Waals surface area (Å²) in [5.74, 6) is -0.386. The van der Waals surface area contributed by atoms with Crippen LogP contribution in [-0.2, 0) is 6.54 Å². The lowest BCUT2D eigenvalue weighted by Gasteiger charge is -2.18. The highest BCUT2D eigenvalue weighted by atomic mass is 32.1. The molecule has 0 spiro atoms. The monoisotopic (exact) mass is 321 g/mol. The summed E-state index contributed by atoms with van der Waals surface area (Å²) in [5.41, 5.74) is 0.449. The van der Waals surface area contributed by atoms with Gasteiger partial charge in [-0.25, -0.2) is 14.2 Å². The van der Waals surface area contributed by atoms with Gasteiger partial charge in [-0.3, -0.25) is 4.90 Å². The zero-order chi connectivity index (χ0) is 15.5. The quantitative estimate of drug-likeness (QED) is 0.935. The molecular weight excluding hydrogens is 305 g/mol. The van der Waals surface area contributed by atoms with Gasteiger partial charge >= 0.3 is 6.09 Å². The fourth-order valence-electron chi connectivity index (χ4n) is 2.47. The second-order valence-electron chi connectivity index (χ2n) is 5.15. The van der Waals surface area contributed by atoms with Crippen molar-refractivity contribution in [3.05, 3.63) is 41.2 Å². The van der Waals surface area contributed by atoms with Crippen molar-refractivity contribution in [2.45, 2.75) is 19.4 Å². The summed E-state index contributed by atoms with van der Waals surface area (Å²) in [6, 6.07) is 5.44. The van der Waals surface area contributed by atoms with Crippen LogP contribution in [0.1, 0.15) is 17.7 Å². The zero-order valence-corrected chi connectivity index (χ0v) is 12.7. The van der Waals surface area contributed by atoms with E-state index < -0.39 is 6.09 Å². The molecule has 22 heavy (non-hydrogen) atoms. The smallest absolute Gasteiger partial charge is 0.412 e. The number of aromatic nitrogens is 1. The topological polar surface area (TPSA) is 56.7 Å². The molecule has 1 aromatic carbocycles. The molecule has 1 saturated heterocycles. The predicted octanol–water partition coefficient (Wildman–Crippen LogP) is 3.57. The molecular formula is C15H16FN3O2S. The highest BCUT2D eigenvalue weighted by Gasteiger charge is 2.19. The Morgan fingerprint density at radius 3 is 2.64 bits per heavy atom. The van der Waals surface area contributed by atoms with Crippen LogP contribution in [0.2, 0.25) is 0 Å². The van der Waals surface area contributed by atoms with Gasteiger partial charge in [-0.05, 0) is 37.1 Å². The Hall–Kier alpha value is -2.15. The standard InChI is InChI=1S/C15H16FN3O2S/c16-11-3-5-12(6-4-11)19(15(20)21)10-13-9-17-14(22-13)18-7-1-2-8-18/h3-6,9H,1-2,7-8,10H2,(H,20,21). The number of nitrogens with zero attached hydrogens (tertiary/aromatic N) is 3. The minimum absolute atomic E-state index is 0.215. The first-order chi connectivity index (χ1) is 10.6. The molecule has 3 rings (SSSR count). The van der Waals surface area contributed by atoms with E-state index in [9.17, 15) is 14.3 Å². The van der Waals surface area contributed by atoms with E-state index in [0.29, 0.717) is 5.69 Å². The lowest BCUT2D eigenvalue weighted by molar-refractivity contribution is 0.201. The van der Waals surface area contributed by atoms with Crippen LogP contribution >= 0.6 is 11.3 Å². The average Bonchev–Trinajstić information content (AvgIpc) is 3.17. The summed E-state index contributed by atoms with van der Waals surface area (Å²) in [7, 11) is 0. The lowest BCUT2D eigenvalue weighted by Crippen LogP contribution is -2.28. The first-order valence-electron chi connectivity index (χ1n) is 7.09. The van der Waals surface area contributed by atoms with Gasteiger partial charge in [-0.15, -0.1) is 11.3 Å². The number of amides is 1. The molecule has 116 valence electrons. The largest absolute Gasteiger partial charge is 0.465 e. The lowest BCUT2D eigenvalue weighted by atomic mass is 10.3. The molecule has 0 aliphatic carbocycles. The molecule has 0 unspecified atom stereocenters. The number of rotatable bonds is 4. The van der Waals surface area contributed by atoms with E-state index in [2.05, 4.69) is 9.88 Å². The van der Waals surface area contributed by atoms with E-state index in [1.807, 2.05) is 0 Å². The van der Waals surface area contributed by atoms with Gasteiger partial charge in [-0.1, -0.05) is 0 Å². The number of hydrogen-bond donors (Lipinski definition) is 1. The predicted molar refractivity (Wildman–Crippen MR) is 84.2 cm³/mol. The second kappa shape index (κ2) is 6.31. The molecule has 0 radical (unpaired) electrons. The van der Waals surface area contributed by atoms with Crippen LogP contribution in [-0.4, -0.2) is 29.3 Å². The number of carbonyl (C=O) groups is 1. The molecule has 1 aromatic heterocycles. The van der Waals surface area contributed by atoms with Crippen molar-refractivity contribution in [2.24, 2.45) is 0 Å². The Labute approximate surface area is 131 Å². The SMILES string of the molecule is O=C(O)N(Cc1cnc(N2CCCC2)s1)c1ccc(F)cc1. The van der Waals surface area contributed by atoms with Crippen molar-refractivity contribution in [1.29, 1.82) is 0 Å². The Kier molecular flexibility index (Phi) is 4.24. The second-order valence-corrected chi connectivity index (χ2v) is 6.24. The normalized spacial score (nSPS) is 14.3. The highest BCUT2D eigenvalue weighted by molar-refractivity contribution is 7.15. The van der Waals surface area contributed by atoms with E-state index >= 15 is 0 Å². The van der Waals surface area contributed by atoms with Gasteiger partial charge in [0.1, 0.15) is 5.82 Å². The number of anilines is 2. The number of hydrogen-bond acceptors (Lipinski definition) is 4. The maximum absolute atomic E-state index is 13.0. The maximum Gasteiger partial charge on any atom is 0.412 e. The van der Waals surface area contributed by atoms with E-state index in [-0.39, 0.29) is 12.4 Å². The summed E-state index contributed by atoms with van der Waals surface area (Å²) < 4.78 is 13.0. The minimum Gasteiger partial charge on any atom is -0.465 e. The van der Waals surface area contributed by atoms with Gasteiger partial charge in [0.2, 0.25) is 0 Å². The van der Waals surface area contributed by atoms with Crippen molar-refractivity contribution in [3.63, 3.8) is 0 Å². The van der Waals surface area contributed by atoms with Crippen LogP contribution in [0.25, 0.3) is 0 Å². The summed E-state index contributed by atoms with van der Waals surface area (Å²) in [6.45, 7) is 2.23. The molecule has 5 nitrogen and oxygen atoms in total. The summed E-state index contributed by atoms with van der Waals surface area (Å²) in [5, 5.41) is 10.3. The average molecular weight is 321 g/mol. The van der Waals surface area contributed by atoms with Crippen LogP contribution in [0.4, 0.5) is 20.0 Å². The van der Waals surface area contributed by atoms with Crippen molar-refractivity contribution in [3.8, 4) is 0 Å². The van der Waals surface area contributed by atoms with E-state index in [0.717, 1.165) is 23.1 Å². The van der Waals surface area contributed by atoms with Crippen molar-refractivity contribution < 1.29 is 14.3 Å². The number of benzene rings is 1. The third-order valence-electron chi connectivity index (χ3n) is 3.60. The molecule has 1 N–H and O–H groups in total. The fourth-order valence-corrected chi connectivity index (χ4v) is 3.42. The van der Waals surface area contributed by atoms with Crippen LogP contribution in [0.5, 0.6) is 0 Å². The van der Waals surface area contributed by atoms with E-state index in [4.69, 9.17) is 0 Å². The van der Waals surface area contributed by atoms with Crippen LogP contribution in [0.3, 0.4) is 0 Å². The molecule has 0 saturated carbocycles. The first-order valence-corrected chi connectivity index (χ1v) is 7.91. The van der Waals surface area contributed by atoms with Gasteiger partial charge in [0.05, 0.1) is 6.54 Å². The van der Waals surface area contributed by atoms with E-state index in [1.54, 1.807) is 6.20 Å². The summed E-state index contributed by atoms with van der Waals surface area (Å²) in [6.07, 6.45) is 3.00. The fraction of sp³-hybridized carbons (Fsp3) is 0.333. The Morgan fingerprint density at radius 2 is 2.00 bits per heavy atom. The summed E-state index contributed by atoms with van der Waals surface area (Å²) >= 11 is 1.51. The Balaban J connectivity index is 1.76. The van der Waals surface area contributed by atoms with Gasteiger partial charge in [0.25, 0.3) is 0 Å². The Bertz CT molecular complexity index is 653. The minimum atomic E-state index is -1.07. The third-order valence-corrected chi connectivity index (χ3v) is 4.64. The number of halogens is 1. The van der Waals surface area contributed by atoms with E-state index in [1.165, 1.54) is 53.3 Å².